The van der Waals surface area contributed by atoms with Gasteiger partial charge in [0.1, 0.15) is 18.1 Å². The van der Waals surface area contributed by atoms with Crippen molar-refractivity contribution in [1.29, 1.82) is 0 Å². The summed E-state index contributed by atoms with van der Waals surface area (Å²) in [5.74, 6) is -4.80. The van der Waals surface area contributed by atoms with Gasteiger partial charge in [-0.25, -0.2) is 0 Å². The van der Waals surface area contributed by atoms with Crippen LogP contribution in [0.4, 0.5) is 0 Å². The number of carboxylic acid groups (broad SMARTS) is 2. The van der Waals surface area contributed by atoms with E-state index in [1.807, 2.05) is 0 Å². The number of carbonyl (C=O) groups is 5. The molecule has 3 amide bonds. The Bertz CT molecular complexity index is 617. The van der Waals surface area contributed by atoms with Gasteiger partial charge < -0.3 is 31.9 Å². The van der Waals surface area contributed by atoms with Gasteiger partial charge in [0.05, 0.1) is 6.04 Å². The molecule has 11 nitrogen and oxygen atoms in total. The molecular weight excluding hydrogens is 404 g/mol. The number of thiol groups is 1. The molecule has 0 saturated carbocycles. The number of carboxylic acids is 2. The van der Waals surface area contributed by atoms with Crippen LogP contribution in [0, 0.1) is 5.92 Å². The summed E-state index contributed by atoms with van der Waals surface area (Å²) in [5, 5.41) is 24.7. The topological polar surface area (TPSA) is 188 Å². The van der Waals surface area contributed by atoms with Crippen LogP contribution >= 0.6 is 12.6 Å². The van der Waals surface area contributed by atoms with Gasteiger partial charge in [0.2, 0.25) is 17.7 Å². The molecule has 0 fully saturated rings. The van der Waals surface area contributed by atoms with Crippen LogP contribution < -0.4 is 21.7 Å². The summed E-state index contributed by atoms with van der Waals surface area (Å²) in [7, 11) is 0. The number of hydrogen-bond acceptors (Lipinski definition) is 7. The molecule has 0 spiro atoms. The van der Waals surface area contributed by atoms with Gasteiger partial charge in [-0.15, -0.1) is 0 Å². The van der Waals surface area contributed by atoms with Crippen LogP contribution in [0.1, 0.15) is 40.0 Å². The van der Waals surface area contributed by atoms with Crippen molar-refractivity contribution in [3.05, 3.63) is 0 Å². The highest BCUT2D eigenvalue weighted by molar-refractivity contribution is 7.80. The van der Waals surface area contributed by atoms with Crippen molar-refractivity contribution in [2.45, 2.75) is 64.2 Å². The van der Waals surface area contributed by atoms with E-state index in [2.05, 4.69) is 28.6 Å². The van der Waals surface area contributed by atoms with Crippen LogP contribution in [-0.4, -0.2) is 69.8 Å². The minimum atomic E-state index is -1.23. The van der Waals surface area contributed by atoms with Crippen LogP contribution in [0.15, 0.2) is 0 Å². The maximum absolute atomic E-state index is 12.7. The number of nitrogens with one attached hydrogen (secondary N) is 3. The molecule has 5 atom stereocenters. The molecule has 0 bridgehead atoms. The molecule has 0 aromatic heterocycles. The van der Waals surface area contributed by atoms with E-state index in [1.165, 1.54) is 6.92 Å². The minimum Gasteiger partial charge on any atom is -0.481 e. The molecular formula is C17H30N4O7S. The zero-order valence-electron chi connectivity index (χ0n) is 16.7. The number of nitrogens with two attached hydrogens (primary N) is 1. The fourth-order valence-corrected chi connectivity index (χ4v) is 2.46. The Labute approximate surface area is 174 Å². The molecule has 5 unspecified atom stereocenters. The molecule has 0 aliphatic heterocycles. The van der Waals surface area contributed by atoms with Gasteiger partial charge in [-0.2, -0.15) is 12.6 Å². The molecule has 0 saturated heterocycles. The molecule has 29 heavy (non-hydrogen) atoms. The van der Waals surface area contributed by atoms with E-state index in [9.17, 15) is 24.0 Å². The van der Waals surface area contributed by atoms with Crippen molar-refractivity contribution >= 4 is 42.3 Å². The van der Waals surface area contributed by atoms with E-state index in [-0.39, 0.29) is 24.5 Å². The summed E-state index contributed by atoms with van der Waals surface area (Å²) in [6, 6.07) is -4.39. The van der Waals surface area contributed by atoms with E-state index >= 15 is 0 Å². The lowest BCUT2D eigenvalue weighted by Gasteiger charge is -2.27. The Morgan fingerprint density at radius 1 is 0.966 bits per heavy atom. The highest BCUT2D eigenvalue weighted by Crippen LogP contribution is 2.09. The third kappa shape index (κ3) is 9.61. The highest BCUT2D eigenvalue weighted by Gasteiger charge is 2.31. The van der Waals surface area contributed by atoms with Crippen molar-refractivity contribution < 1.29 is 34.2 Å². The predicted molar refractivity (Wildman–Crippen MR) is 107 cm³/mol. The van der Waals surface area contributed by atoms with Crippen LogP contribution in [-0.2, 0) is 24.0 Å². The van der Waals surface area contributed by atoms with Gasteiger partial charge in [0.15, 0.2) is 0 Å². The van der Waals surface area contributed by atoms with Gasteiger partial charge in [0.25, 0.3) is 0 Å². The highest BCUT2D eigenvalue weighted by atomic mass is 32.1. The number of rotatable bonds is 13. The monoisotopic (exact) mass is 434 g/mol. The van der Waals surface area contributed by atoms with Crippen molar-refractivity contribution in [1.82, 2.24) is 16.0 Å². The molecule has 0 radical (unpaired) electrons. The molecule has 12 heteroatoms. The van der Waals surface area contributed by atoms with Crippen molar-refractivity contribution in [2.75, 3.05) is 5.75 Å². The van der Waals surface area contributed by atoms with Gasteiger partial charge in [-0.1, -0.05) is 20.3 Å². The maximum Gasteiger partial charge on any atom is 0.325 e. The average Bonchev–Trinajstić information content (AvgIpc) is 2.66. The second-order valence-electron chi connectivity index (χ2n) is 6.72. The Hall–Kier alpha value is -2.34. The molecule has 0 aromatic carbocycles. The Morgan fingerprint density at radius 3 is 2.00 bits per heavy atom. The lowest BCUT2D eigenvalue weighted by molar-refractivity contribution is -0.141. The zero-order valence-corrected chi connectivity index (χ0v) is 17.6. The lowest BCUT2D eigenvalue weighted by Crippen LogP contribution is -2.59. The van der Waals surface area contributed by atoms with E-state index in [1.54, 1.807) is 13.8 Å². The van der Waals surface area contributed by atoms with Crippen LogP contribution in [0.2, 0.25) is 0 Å². The Kier molecular flexibility index (Phi) is 11.9. The third-order valence-corrected chi connectivity index (χ3v) is 4.71. The first-order chi connectivity index (χ1) is 13.4. The van der Waals surface area contributed by atoms with E-state index < -0.39 is 53.8 Å². The summed E-state index contributed by atoms with van der Waals surface area (Å²) in [5.41, 5.74) is 5.68. The standard InChI is InChI=1S/C17H30N4O7S/c1-4-8(2)13(21-14(24)10(18)5-6-12(22)23)16(26)20-11(7-29)15(25)19-9(3)17(27)28/h8-11,13,29H,4-7,18H2,1-3H3,(H,19,25)(H,20,26)(H,21,24)(H,22,23)(H,27,28). The fraction of sp³-hybridized carbons (Fsp3) is 0.706. The van der Waals surface area contributed by atoms with E-state index in [0.717, 1.165) is 0 Å². The molecule has 166 valence electrons. The molecule has 0 heterocycles. The van der Waals surface area contributed by atoms with Gasteiger partial charge in [0, 0.05) is 12.2 Å². The van der Waals surface area contributed by atoms with Gasteiger partial charge in [-0.05, 0) is 19.3 Å². The smallest absolute Gasteiger partial charge is 0.325 e. The summed E-state index contributed by atoms with van der Waals surface area (Å²) >= 11 is 4.01. The quantitative estimate of drug-likeness (QED) is 0.174. The van der Waals surface area contributed by atoms with Crippen LogP contribution in [0.25, 0.3) is 0 Å². The van der Waals surface area contributed by atoms with Crippen molar-refractivity contribution in [2.24, 2.45) is 11.7 Å². The zero-order chi connectivity index (χ0) is 22.7. The second kappa shape index (κ2) is 13.0. The first-order valence-electron chi connectivity index (χ1n) is 9.16. The molecule has 0 aromatic rings. The summed E-state index contributed by atoms with van der Waals surface area (Å²) in [6.07, 6.45) is 0.139. The first-order valence-corrected chi connectivity index (χ1v) is 9.79. The third-order valence-electron chi connectivity index (χ3n) is 4.34. The van der Waals surface area contributed by atoms with Crippen molar-refractivity contribution in [3.8, 4) is 0 Å². The second-order valence-corrected chi connectivity index (χ2v) is 7.09. The molecule has 0 rings (SSSR count). The Morgan fingerprint density at radius 2 is 1.55 bits per heavy atom. The SMILES string of the molecule is CCC(C)C(NC(=O)C(N)CCC(=O)O)C(=O)NC(CS)C(=O)NC(C)C(=O)O. The molecule has 0 aliphatic carbocycles. The average molecular weight is 435 g/mol. The molecule has 0 aliphatic rings. The first kappa shape index (κ1) is 26.7. The Balaban J connectivity index is 5.14. The minimum absolute atomic E-state index is 0.0925. The van der Waals surface area contributed by atoms with Gasteiger partial charge >= 0.3 is 11.9 Å². The van der Waals surface area contributed by atoms with E-state index in [4.69, 9.17) is 15.9 Å². The van der Waals surface area contributed by atoms with Crippen LogP contribution in [0.3, 0.4) is 0 Å². The lowest BCUT2D eigenvalue weighted by atomic mass is 9.97. The predicted octanol–water partition coefficient (Wildman–Crippen LogP) is -1.29. The van der Waals surface area contributed by atoms with Gasteiger partial charge in [-0.3, -0.25) is 24.0 Å². The summed E-state index contributed by atoms with van der Waals surface area (Å²) in [6.45, 7) is 4.80. The molecule has 7 N–H and O–H groups in total. The summed E-state index contributed by atoms with van der Waals surface area (Å²) < 4.78 is 0. The number of aliphatic carboxylic acids is 2. The fourth-order valence-electron chi connectivity index (χ4n) is 2.20. The number of amides is 3. The van der Waals surface area contributed by atoms with Crippen molar-refractivity contribution in [3.63, 3.8) is 0 Å². The largest absolute Gasteiger partial charge is 0.481 e. The maximum atomic E-state index is 12.7. The van der Waals surface area contributed by atoms with Crippen LogP contribution in [0.5, 0.6) is 0 Å². The normalized spacial score (nSPS) is 15.9. The number of carbonyl (C=O) groups excluding carboxylic acids is 3. The number of hydrogen-bond donors (Lipinski definition) is 7. The van der Waals surface area contributed by atoms with E-state index in [0.29, 0.717) is 6.42 Å². The summed E-state index contributed by atoms with van der Waals surface area (Å²) in [4.78, 5) is 58.5.